The van der Waals surface area contributed by atoms with Crippen LogP contribution in [0, 0.1) is 5.82 Å². The van der Waals surface area contributed by atoms with Gasteiger partial charge in [-0.15, -0.1) is 0 Å². The van der Waals surface area contributed by atoms with Gasteiger partial charge in [-0.3, -0.25) is 9.59 Å². The third kappa shape index (κ3) is 6.64. The minimum absolute atomic E-state index is 0.0577. The first-order valence-corrected chi connectivity index (χ1v) is 6.86. The Morgan fingerprint density at radius 3 is 2.50 bits per heavy atom. The van der Waals surface area contributed by atoms with Crippen molar-refractivity contribution < 1.29 is 28.6 Å². The van der Waals surface area contributed by atoms with E-state index in [-0.39, 0.29) is 25.5 Å². The van der Waals surface area contributed by atoms with Crippen molar-refractivity contribution in [2.45, 2.75) is 12.3 Å². The van der Waals surface area contributed by atoms with Crippen molar-refractivity contribution in [1.29, 1.82) is 0 Å². The number of nitrogens with one attached hydrogen (secondary N) is 1. The van der Waals surface area contributed by atoms with Gasteiger partial charge in [0.15, 0.2) is 0 Å². The van der Waals surface area contributed by atoms with Crippen LogP contribution < -0.4 is 5.32 Å². The van der Waals surface area contributed by atoms with Crippen LogP contribution in [0.4, 0.5) is 4.39 Å². The largest absolute Gasteiger partial charge is 0.481 e. The van der Waals surface area contributed by atoms with Gasteiger partial charge in [-0.2, -0.15) is 0 Å². The normalized spacial score (nSPS) is 11.9. The maximum atomic E-state index is 12.9. The number of hydrogen-bond acceptors (Lipinski definition) is 4. The number of carboxylic acids is 1. The Balaban J connectivity index is 2.40. The first kappa shape index (κ1) is 18.1. The van der Waals surface area contributed by atoms with Crippen LogP contribution in [-0.4, -0.2) is 50.5 Å². The van der Waals surface area contributed by atoms with Crippen molar-refractivity contribution in [2.75, 3.05) is 33.5 Å². The van der Waals surface area contributed by atoms with Crippen molar-refractivity contribution in [3.8, 4) is 0 Å². The molecule has 7 heteroatoms. The summed E-state index contributed by atoms with van der Waals surface area (Å²) in [6, 6.07) is 5.18. The number of aliphatic carboxylic acids is 1. The number of carbonyl (C=O) groups excluding carboxylic acids is 1. The summed E-state index contributed by atoms with van der Waals surface area (Å²) in [5, 5.41) is 11.7. The molecule has 0 aromatic heterocycles. The second-order valence-electron chi connectivity index (χ2n) is 4.60. The van der Waals surface area contributed by atoms with E-state index in [4.69, 9.17) is 9.47 Å². The molecule has 0 bridgehead atoms. The highest BCUT2D eigenvalue weighted by Crippen LogP contribution is 2.16. The molecule has 0 heterocycles. The molecule has 1 aromatic carbocycles. The third-order valence-corrected chi connectivity index (χ3v) is 2.98. The zero-order valence-corrected chi connectivity index (χ0v) is 12.4. The molecular weight excluding hydrogens is 293 g/mol. The van der Waals surface area contributed by atoms with Crippen LogP contribution in [-0.2, 0) is 19.1 Å². The highest BCUT2D eigenvalue weighted by molar-refractivity contribution is 5.79. The zero-order chi connectivity index (χ0) is 16.4. The van der Waals surface area contributed by atoms with Gasteiger partial charge >= 0.3 is 5.97 Å². The highest BCUT2D eigenvalue weighted by Gasteiger charge is 2.20. The van der Waals surface area contributed by atoms with Gasteiger partial charge in [-0.1, -0.05) is 12.1 Å². The number of carboxylic acid groups (broad SMARTS) is 1. The lowest BCUT2D eigenvalue weighted by Gasteiger charge is -2.14. The molecule has 1 atom stereocenters. The van der Waals surface area contributed by atoms with E-state index in [0.717, 1.165) is 0 Å². The van der Waals surface area contributed by atoms with Crippen LogP contribution in [0.5, 0.6) is 0 Å². The summed E-state index contributed by atoms with van der Waals surface area (Å²) in [6.45, 7) is 1.03. The number of rotatable bonds is 10. The van der Waals surface area contributed by atoms with Gasteiger partial charge in [0.05, 0.1) is 25.7 Å². The van der Waals surface area contributed by atoms with Gasteiger partial charge in [-0.25, -0.2) is 4.39 Å². The second kappa shape index (κ2) is 9.86. The number of amides is 1. The van der Waals surface area contributed by atoms with E-state index < -0.39 is 17.7 Å². The predicted octanol–water partition coefficient (Wildman–Crippen LogP) is 1.16. The molecule has 1 unspecified atom stereocenters. The minimum atomic E-state index is -1.08. The predicted molar refractivity (Wildman–Crippen MR) is 77.1 cm³/mol. The quantitative estimate of drug-likeness (QED) is 0.633. The number of hydrogen-bond donors (Lipinski definition) is 2. The molecule has 2 N–H and O–H groups in total. The molecular formula is C15H20FNO5. The molecule has 0 aliphatic rings. The number of methoxy groups -OCH3 is 1. The monoisotopic (exact) mass is 313 g/mol. The summed E-state index contributed by atoms with van der Waals surface area (Å²) in [5.41, 5.74) is 0.436. The Labute approximate surface area is 128 Å². The van der Waals surface area contributed by atoms with Crippen LogP contribution in [0.3, 0.4) is 0 Å². The molecule has 0 spiro atoms. The highest BCUT2D eigenvalue weighted by atomic mass is 19.1. The lowest BCUT2D eigenvalue weighted by atomic mass is 9.99. The smallest absolute Gasteiger partial charge is 0.312 e. The van der Waals surface area contributed by atoms with E-state index in [1.807, 2.05) is 0 Å². The average molecular weight is 313 g/mol. The van der Waals surface area contributed by atoms with Crippen molar-refractivity contribution in [3.63, 3.8) is 0 Å². The molecule has 0 aliphatic carbocycles. The van der Waals surface area contributed by atoms with Crippen LogP contribution in [0.25, 0.3) is 0 Å². The molecule has 0 radical (unpaired) electrons. The Morgan fingerprint density at radius 2 is 1.91 bits per heavy atom. The van der Waals surface area contributed by atoms with Gasteiger partial charge in [0.1, 0.15) is 5.82 Å². The van der Waals surface area contributed by atoms with Crippen molar-refractivity contribution in [1.82, 2.24) is 5.32 Å². The first-order valence-electron chi connectivity index (χ1n) is 6.86. The Morgan fingerprint density at radius 1 is 1.23 bits per heavy atom. The molecule has 0 fully saturated rings. The van der Waals surface area contributed by atoms with Gasteiger partial charge in [0.2, 0.25) is 5.91 Å². The van der Waals surface area contributed by atoms with Gasteiger partial charge in [-0.05, 0) is 17.7 Å². The molecule has 0 saturated heterocycles. The molecule has 22 heavy (non-hydrogen) atoms. The summed E-state index contributed by atoms with van der Waals surface area (Å²) in [4.78, 5) is 22.9. The molecule has 0 aliphatic heterocycles. The fraction of sp³-hybridized carbons (Fsp3) is 0.467. The number of ether oxygens (including phenoxy) is 2. The topological polar surface area (TPSA) is 84.9 Å². The van der Waals surface area contributed by atoms with Crippen LogP contribution >= 0.6 is 0 Å². The maximum Gasteiger partial charge on any atom is 0.312 e. The van der Waals surface area contributed by atoms with E-state index in [1.54, 1.807) is 7.11 Å². The summed E-state index contributed by atoms with van der Waals surface area (Å²) < 4.78 is 22.8. The van der Waals surface area contributed by atoms with Crippen LogP contribution in [0.15, 0.2) is 24.3 Å². The standard InChI is InChI=1S/C15H20FNO5/c1-21-8-9-22-7-6-14(18)17-10-13(15(19)20)11-2-4-12(16)5-3-11/h2-5,13H,6-10H2,1H3,(H,17,18)(H,19,20). The summed E-state index contributed by atoms with van der Waals surface area (Å²) in [7, 11) is 1.55. The van der Waals surface area contributed by atoms with Crippen LogP contribution in [0.1, 0.15) is 17.9 Å². The molecule has 0 saturated carbocycles. The number of halogens is 1. The lowest BCUT2D eigenvalue weighted by Crippen LogP contribution is -2.32. The number of carbonyl (C=O) groups is 2. The fourth-order valence-electron chi connectivity index (χ4n) is 1.76. The van der Waals surface area contributed by atoms with E-state index in [0.29, 0.717) is 18.8 Å². The fourth-order valence-corrected chi connectivity index (χ4v) is 1.76. The van der Waals surface area contributed by atoms with Gasteiger partial charge in [0, 0.05) is 20.1 Å². The van der Waals surface area contributed by atoms with Gasteiger partial charge in [0.25, 0.3) is 0 Å². The minimum Gasteiger partial charge on any atom is -0.481 e. The summed E-state index contributed by atoms with van der Waals surface area (Å²) in [6.07, 6.45) is 0.138. The Hall–Kier alpha value is -1.99. The van der Waals surface area contributed by atoms with Crippen LogP contribution in [0.2, 0.25) is 0 Å². The van der Waals surface area contributed by atoms with E-state index >= 15 is 0 Å². The summed E-state index contributed by atoms with van der Waals surface area (Å²) in [5.74, 6) is -2.74. The number of benzene rings is 1. The van der Waals surface area contributed by atoms with Gasteiger partial charge < -0.3 is 19.9 Å². The summed E-state index contributed by atoms with van der Waals surface area (Å²) >= 11 is 0. The SMILES string of the molecule is COCCOCCC(=O)NCC(C(=O)O)c1ccc(F)cc1. The molecule has 1 aromatic rings. The molecule has 1 amide bonds. The molecule has 122 valence electrons. The van der Waals surface area contributed by atoms with Crippen molar-refractivity contribution in [2.24, 2.45) is 0 Å². The third-order valence-electron chi connectivity index (χ3n) is 2.98. The maximum absolute atomic E-state index is 12.9. The van der Waals surface area contributed by atoms with Crippen molar-refractivity contribution in [3.05, 3.63) is 35.6 Å². The van der Waals surface area contributed by atoms with Crippen molar-refractivity contribution >= 4 is 11.9 Å². The second-order valence-corrected chi connectivity index (χ2v) is 4.60. The Kier molecular flexibility index (Phi) is 8.09. The average Bonchev–Trinajstić information content (AvgIpc) is 2.48. The zero-order valence-electron chi connectivity index (χ0n) is 12.4. The lowest BCUT2D eigenvalue weighted by molar-refractivity contribution is -0.138. The van der Waals surface area contributed by atoms with E-state index in [9.17, 15) is 19.1 Å². The molecule has 1 rings (SSSR count). The van der Waals surface area contributed by atoms with E-state index in [2.05, 4.69) is 5.32 Å². The molecule has 6 nitrogen and oxygen atoms in total. The van der Waals surface area contributed by atoms with E-state index in [1.165, 1.54) is 24.3 Å². The first-order chi connectivity index (χ1) is 10.5. The Bertz CT molecular complexity index is 477.